The first-order valence-electron chi connectivity index (χ1n) is 9.78. The maximum absolute atomic E-state index is 12.9. The topological polar surface area (TPSA) is 85.8 Å². The third-order valence-electron chi connectivity index (χ3n) is 4.60. The number of alkyl halides is 3. The second-order valence-corrected chi connectivity index (χ2v) is 7.96. The largest absolute Gasteiger partial charge is 0.416 e. The Bertz CT molecular complexity index is 1270. The summed E-state index contributed by atoms with van der Waals surface area (Å²) in [4.78, 5) is 12.4. The Morgan fingerprint density at radius 1 is 0.970 bits per heavy atom. The van der Waals surface area contributed by atoms with Gasteiger partial charge in [0.05, 0.1) is 11.3 Å². The lowest BCUT2D eigenvalue weighted by atomic mass is 10.2. The zero-order valence-corrected chi connectivity index (χ0v) is 17.9. The fraction of sp³-hybridized carbons (Fsp3) is 0.0870. The molecule has 33 heavy (non-hydrogen) atoms. The van der Waals surface area contributed by atoms with Crippen LogP contribution in [0.1, 0.15) is 5.56 Å². The van der Waals surface area contributed by atoms with Crippen LogP contribution in [0.15, 0.2) is 84.0 Å². The fourth-order valence-electron chi connectivity index (χ4n) is 3.14. The van der Waals surface area contributed by atoms with Gasteiger partial charge in [-0.15, -0.1) is 10.2 Å². The minimum Gasteiger partial charge on any atom is -0.399 e. The number of carbonyl (C=O) groups excluding carboxylic acids is 1. The first-order valence-corrected chi connectivity index (χ1v) is 10.8. The fourth-order valence-corrected chi connectivity index (χ4v) is 3.89. The molecule has 0 spiro atoms. The van der Waals surface area contributed by atoms with Crippen LogP contribution in [0.25, 0.3) is 17.1 Å². The van der Waals surface area contributed by atoms with Crippen LogP contribution in [0, 0.1) is 0 Å². The van der Waals surface area contributed by atoms with E-state index in [4.69, 9.17) is 5.73 Å². The van der Waals surface area contributed by atoms with Crippen LogP contribution in [0.4, 0.5) is 24.5 Å². The Kier molecular flexibility index (Phi) is 6.36. The van der Waals surface area contributed by atoms with Crippen molar-refractivity contribution in [2.45, 2.75) is 11.3 Å². The number of aromatic nitrogens is 3. The van der Waals surface area contributed by atoms with E-state index in [-0.39, 0.29) is 11.4 Å². The molecule has 4 rings (SSSR count). The number of rotatable bonds is 6. The number of para-hydroxylation sites is 1. The predicted octanol–water partition coefficient (Wildman–Crippen LogP) is 5.27. The molecular weight excluding hydrogens is 451 g/mol. The van der Waals surface area contributed by atoms with Crippen LogP contribution in [0.5, 0.6) is 0 Å². The molecule has 10 heteroatoms. The zero-order valence-electron chi connectivity index (χ0n) is 17.1. The monoisotopic (exact) mass is 469 g/mol. The van der Waals surface area contributed by atoms with Crippen molar-refractivity contribution in [1.29, 1.82) is 0 Å². The number of hydrogen-bond acceptors (Lipinski definition) is 5. The molecule has 0 unspecified atom stereocenters. The second kappa shape index (κ2) is 9.37. The number of benzene rings is 3. The standard InChI is InChI=1S/C23H18F3N5OS/c24-23(25,26)16-7-5-9-18(13-16)28-20(32)14-33-22-30-29-21(15-6-4-8-17(27)12-15)31(22)19-10-2-1-3-11-19/h1-13H,14,27H2,(H,28,32). The van der Waals surface area contributed by atoms with Crippen molar-refractivity contribution >= 4 is 29.0 Å². The summed E-state index contributed by atoms with van der Waals surface area (Å²) >= 11 is 1.12. The van der Waals surface area contributed by atoms with Gasteiger partial charge in [-0.25, -0.2) is 0 Å². The number of nitrogens with one attached hydrogen (secondary N) is 1. The average Bonchev–Trinajstić information content (AvgIpc) is 3.22. The number of nitrogens with two attached hydrogens (primary N) is 1. The highest BCUT2D eigenvalue weighted by Crippen LogP contribution is 2.31. The summed E-state index contributed by atoms with van der Waals surface area (Å²) in [5.74, 6) is 0.0136. The van der Waals surface area contributed by atoms with E-state index in [2.05, 4.69) is 15.5 Å². The SMILES string of the molecule is Nc1cccc(-c2nnc(SCC(=O)Nc3cccc(C(F)(F)F)c3)n2-c2ccccc2)c1. The van der Waals surface area contributed by atoms with Gasteiger partial charge in [-0.1, -0.05) is 48.2 Å². The molecule has 0 atom stereocenters. The zero-order chi connectivity index (χ0) is 23.4. The molecule has 6 nitrogen and oxygen atoms in total. The summed E-state index contributed by atoms with van der Waals surface area (Å²) < 4.78 is 40.5. The lowest BCUT2D eigenvalue weighted by Crippen LogP contribution is -2.15. The summed E-state index contributed by atoms with van der Waals surface area (Å²) in [5, 5.41) is 11.5. The smallest absolute Gasteiger partial charge is 0.399 e. The molecule has 4 aromatic rings. The first kappa shape index (κ1) is 22.4. The van der Waals surface area contributed by atoms with Crippen LogP contribution in [0.3, 0.4) is 0 Å². The van der Waals surface area contributed by atoms with Gasteiger partial charge in [0.1, 0.15) is 0 Å². The minimum atomic E-state index is -4.49. The molecule has 0 bridgehead atoms. The van der Waals surface area contributed by atoms with Crippen molar-refractivity contribution in [3.8, 4) is 17.1 Å². The Morgan fingerprint density at radius 2 is 1.73 bits per heavy atom. The highest BCUT2D eigenvalue weighted by molar-refractivity contribution is 7.99. The van der Waals surface area contributed by atoms with Crippen molar-refractivity contribution in [3.05, 3.63) is 84.4 Å². The average molecular weight is 469 g/mol. The molecule has 0 aliphatic rings. The van der Waals surface area contributed by atoms with Gasteiger partial charge in [0.2, 0.25) is 5.91 Å². The molecule has 0 aliphatic heterocycles. The van der Waals surface area contributed by atoms with Crippen LogP contribution in [0.2, 0.25) is 0 Å². The Hall–Kier alpha value is -3.79. The molecule has 0 fully saturated rings. The van der Waals surface area contributed by atoms with E-state index in [1.807, 2.05) is 42.5 Å². The molecule has 3 N–H and O–H groups in total. The Morgan fingerprint density at radius 3 is 2.45 bits per heavy atom. The van der Waals surface area contributed by atoms with Gasteiger partial charge in [0.15, 0.2) is 11.0 Å². The van der Waals surface area contributed by atoms with Crippen molar-refractivity contribution < 1.29 is 18.0 Å². The minimum absolute atomic E-state index is 0.0698. The molecule has 0 saturated heterocycles. The van der Waals surface area contributed by atoms with Gasteiger partial charge < -0.3 is 11.1 Å². The van der Waals surface area contributed by atoms with E-state index < -0.39 is 17.6 Å². The molecule has 1 aromatic heterocycles. The number of nitrogens with zero attached hydrogens (tertiary/aromatic N) is 3. The Labute approximate surface area is 191 Å². The number of amides is 1. The molecule has 3 aromatic carbocycles. The third-order valence-corrected chi connectivity index (χ3v) is 5.53. The maximum atomic E-state index is 12.9. The van der Waals surface area contributed by atoms with Gasteiger partial charge in [-0.3, -0.25) is 9.36 Å². The van der Waals surface area contributed by atoms with Gasteiger partial charge in [-0.2, -0.15) is 13.2 Å². The molecular formula is C23H18F3N5OS. The van der Waals surface area contributed by atoms with Crippen LogP contribution in [-0.4, -0.2) is 26.4 Å². The quantitative estimate of drug-likeness (QED) is 0.297. The van der Waals surface area contributed by atoms with E-state index in [0.29, 0.717) is 16.7 Å². The number of halogens is 3. The number of hydrogen-bond donors (Lipinski definition) is 2. The summed E-state index contributed by atoms with van der Waals surface area (Å²) in [6.07, 6.45) is -4.49. The predicted molar refractivity (Wildman–Crippen MR) is 122 cm³/mol. The van der Waals surface area contributed by atoms with Gasteiger partial charge >= 0.3 is 6.18 Å². The molecule has 0 radical (unpaired) electrons. The Balaban J connectivity index is 1.56. The third kappa shape index (κ3) is 5.35. The molecule has 0 saturated carbocycles. The molecule has 168 valence electrons. The highest BCUT2D eigenvalue weighted by atomic mass is 32.2. The van der Waals surface area contributed by atoms with E-state index in [1.54, 1.807) is 16.7 Å². The van der Waals surface area contributed by atoms with Gasteiger partial charge in [0, 0.05) is 22.6 Å². The summed E-state index contributed by atoms with van der Waals surface area (Å²) in [6, 6.07) is 21.1. The van der Waals surface area contributed by atoms with Gasteiger partial charge in [-0.05, 0) is 42.5 Å². The maximum Gasteiger partial charge on any atom is 0.416 e. The van der Waals surface area contributed by atoms with E-state index in [0.717, 1.165) is 35.1 Å². The van der Waals surface area contributed by atoms with Crippen LogP contribution >= 0.6 is 11.8 Å². The van der Waals surface area contributed by atoms with E-state index >= 15 is 0 Å². The van der Waals surface area contributed by atoms with Crippen molar-refractivity contribution in [3.63, 3.8) is 0 Å². The van der Waals surface area contributed by atoms with Crippen molar-refractivity contribution in [2.75, 3.05) is 16.8 Å². The second-order valence-electron chi connectivity index (χ2n) is 7.02. The highest BCUT2D eigenvalue weighted by Gasteiger charge is 2.30. The van der Waals surface area contributed by atoms with Gasteiger partial charge in [0.25, 0.3) is 0 Å². The summed E-state index contributed by atoms with van der Waals surface area (Å²) in [7, 11) is 0. The van der Waals surface area contributed by atoms with E-state index in [1.165, 1.54) is 12.1 Å². The number of nitrogen functional groups attached to an aromatic ring is 1. The van der Waals surface area contributed by atoms with Crippen LogP contribution < -0.4 is 11.1 Å². The molecule has 0 aliphatic carbocycles. The van der Waals surface area contributed by atoms with E-state index in [9.17, 15) is 18.0 Å². The summed E-state index contributed by atoms with van der Waals surface area (Å²) in [6.45, 7) is 0. The molecule has 1 amide bonds. The lowest BCUT2D eigenvalue weighted by Gasteiger charge is -2.11. The molecule has 1 heterocycles. The van der Waals surface area contributed by atoms with Crippen molar-refractivity contribution in [1.82, 2.24) is 14.8 Å². The van der Waals surface area contributed by atoms with Crippen molar-refractivity contribution in [2.24, 2.45) is 0 Å². The summed E-state index contributed by atoms with van der Waals surface area (Å²) in [5.41, 5.74) is 7.28. The normalized spacial score (nSPS) is 11.4. The number of thioether (sulfide) groups is 1. The first-order chi connectivity index (χ1) is 15.8. The van der Waals surface area contributed by atoms with Crippen LogP contribution in [-0.2, 0) is 11.0 Å². The number of anilines is 2. The lowest BCUT2D eigenvalue weighted by molar-refractivity contribution is -0.137. The number of carbonyl (C=O) groups is 1.